The number of likely N-dealkylation sites (N-methyl/N-ethyl adjacent to an activating group) is 1. The standard InChI is InChI=1S/C17H24N2O/c1-18(13-16-5-3-4-10-20-16)12-14-6-7-15-8-9-19(2)17(15)11-14/h6-9,11,16H,3-5,10,12-13H2,1-2H3/t16-/m0/s1. The molecule has 1 aromatic carbocycles. The average molecular weight is 272 g/mol. The SMILES string of the molecule is CN(Cc1ccc2ccn(C)c2c1)C[C@@H]1CCCCO1. The average Bonchev–Trinajstić information content (AvgIpc) is 2.81. The molecule has 0 N–H and O–H groups in total. The summed E-state index contributed by atoms with van der Waals surface area (Å²) in [7, 11) is 4.29. The van der Waals surface area contributed by atoms with Crippen LogP contribution in [0.3, 0.4) is 0 Å². The Morgan fingerprint density at radius 2 is 2.20 bits per heavy atom. The molecule has 2 aromatic rings. The number of fused-ring (bicyclic) bond motifs is 1. The lowest BCUT2D eigenvalue weighted by Crippen LogP contribution is -2.33. The fourth-order valence-electron chi connectivity index (χ4n) is 3.08. The molecule has 0 radical (unpaired) electrons. The Kier molecular flexibility index (Phi) is 4.08. The molecule has 1 aliphatic heterocycles. The monoisotopic (exact) mass is 272 g/mol. The molecule has 0 unspecified atom stereocenters. The zero-order chi connectivity index (χ0) is 13.9. The number of benzene rings is 1. The first-order chi connectivity index (χ1) is 9.72. The van der Waals surface area contributed by atoms with Crippen LogP contribution in [0.25, 0.3) is 10.9 Å². The number of rotatable bonds is 4. The van der Waals surface area contributed by atoms with Crippen molar-refractivity contribution in [2.24, 2.45) is 7.05 Å². The smallest absolute Gasteiger partial charge is 0.0702 e. The van der Waals surface area contributed by atoms with E-state index in [1.54, 1.807) is 0 Å². The summed E-state index contributed by atoms with van der Waals surface area (Å²) in [5.74, 6) is 0. The Bertz CT molecular complexity index is 569. The van der Waals surface area contributed by atoms with Crippen LogP contribution in [0.2, 0.25) is 0 Å². The van der Waals surface area contributed by atoms with Crippen molar-refractivity contribution in [3.8, 4) is 0 Å². The second kappa shape index (κ2) is 5.98. The van der Waals surface area contributed by atoms with Crippen molar-refractivity contribution in [3.05, 3.63) is 36.0 Å². The van der Waals surface area contributed by atoms with Gasteiger partial charge in [0.05, 0.1) is 6.10 Å². The van der Waals surface area contributed by atoms with Crippen LogP contribution in [0.5, 0.6) is 0 Å². The molecule has 3 nitrogen and oxygen atoms in total. The minimum atomic E-state index is 0.424. The van der Waals surface area contributed by atoms with Gasteiger partial charge in [-0.05, 0) is 49.4 Å². The van der Waals surface area contributed by atoms with E-state index in [2.05, 4.69) is 54.0 Å². The topological polar surface area (TPSA) is 17.4 Å². The first-order valence-corrected chi connectivity index (χ1v) is 7.56. The van der Waals surface area contributed by atoms with Crippen LogP contribution in [-0.4, -0.2) is 35.8 Å². The zero-order valence-electron chi connectivity index (χ0n) is 12.5. The molecule has 2 heterocycles. The fraction of sp³-hybridized carbons (Fsp3) is 0.529. The molecule has 0 aliphatic carbocycles. The summed E-state index contributed by atoms with van der Waals surface area (Å²) in [5.41, 5.74) is 2.68. The Balaban J connectivity index is 1.64. The van der Waals surface area contributed by atoms with E-state index in [9.17, 15) is 0 Å². The highest BCUT2D eigenvalue weighted by molar-refractivity contribution is 5.80. The van der Waals surface area contributed by atoms with E-state index in [1.165, 1.54) is 35.7 Å². The predicted molar refractivity (Wildman–Crippen MR) is 82.8 cm³/mol. The first kappa shape index (κ1) is 13.7. The van der Waals surface area contributed by atoms with Crippen molar-refractivity contribution in [1.29, 1.82) is 0 Å². The number of aryl methyl sites for hydroxylation is 1. The normalized spacial score (nSPS) is 19.9. The van der Waals surface area contributed by atoms with Gasteiger partial charge in [-0.2, -0.15) is 0 Å². The van der Waals surface area contributed by atoms with Crippen LogP contribution in [0.1, 0.15) is 24.8 Å². The van der Waals surface area contributed by atoms with Gasteiger partial charge in [-0.25, -0.2) is 0 Å². The molecule has 3 rings (SSSR count). The Morgan fingerprint density at radius 3 is 3.00 bits per heavy atom. The van der Waals surface area contributed by atoms with Gasteiger partial charge in [-0.1, -0.05) is 12.1 Å². The molecular weight excluding hydrogens is 248 g/mol. The number of ether oxygens (including phenoxy) is 1. The molecule has 1 fully saturated rings. The van der Waals surface area contributed by atoms with Crippen LogP contribution in [-0.2, 0) is 18.3 Å². The van der Waals surface area contributed by atoms with Crippen LogP contribution in [0, 0.1) is 0 Å². The minimum Gasteiger partial charge on any atom is -0.377 e. The second-order valence-corrected chi connectivity index (χ2v) is 6.01. The first-order valence-electron chi connectivity index (χ1n) is 7.56. The van der Waals surface area contributed by atoms with E-state index in [0.717, 1.165) is 19.7 Å². The van der Waals surface area contributed by atoms with Crippen LogP contribution in [0.4, 0.5) is 0 Å². The molecule has 20 heavy (non-hydrogen) atoms. The largest absolute Gasteiger partial charge is 0.377 e. The van der Waals surface area contributed by atoms with E-state index < -0.39 is 0 Å². The lowest BCUT2D eigenvalue weighted by molar-refractivity contribution is -0.00258. The van der Waals surface area contributed by atoms with Crippen molar-refractivity contribution in [2.45, 2.75) is 31.9 Å². The maximum absolute atomic E-state index is 5.82. The van der Waals surface area contributed by atoms with Gasteiger partial charge in [0.2, 0.25) is 0 Å². The molecule has 108 valence electrons. The van der Waals surface area contributed by atoms with Crippen LogP contribution in [0.15, 0.2) is 30.5 Å². The van der Waals surface area contributed by atoms with E-state index in [-0.39, 0.29) is 0 Å². The van der Waals surface area contributed by atoms with Gasteiger partial charge >= 0.3 is 0 Å². The van der Waals surface area contributed by atoms with Gasteiger partial charge in [0.1, 0.15) is 0 Å². The molecular formula is C17H24N2O. The molecule has 0 spiro atoms. The maximum Gasteiger partial charge on any atom is 0.0702 e. The fourth-order valence-corrected chi connectivity index (χ4v) is 3.08. The molecule has 1 atom stereocenters. The lowest BCUT2D eigenvalue weighted by Gasteiger charge is -2.27. The van der Waals surface area contributed by atoms with Gasteiger partial charge in [0, 0.05) is 38.5 Å². The molecule has 0 saturated carbocycles. The molecule has 3 heteroatoms. The summed E-state index contributed by atoms with van der Waals surface area (Å²) in [6, 6.07) is 8.92. The van der Waals surface area contributed by atoms with E-state index >= 15 is 0 Å². The highest BCUT2D eigenvalue weighted by atomic mass is 16.5. The van der Waals surface area contributed by atoms with Crippen molar-refractivity contribution in [1.82, 2.24) is 9.47 Å². The van der Waals surface area contributed by atoms with Gasteiger partial charge in [0.15, 0.2) is 0 Å². The summed E-state index contributed by atoms with van der Waals surface area (Å²) in [5, 5.41) is 1.31. The summed E-state index contributed by atoms with van der Waals surface area (Å²) >= 11 is 0. The number of nitrogens with zero attached hydrogens (tertiary/aromatic N) is 2. The third-order valence-electron chi connectivity index (χ3n) is 4.19. The number of hydrogen-bond acceptors (Lipinski definition) is 2. The van der Waals surface area contributed by atoms with Gasteiger partial charge in [0.25, 0.3) is 0 Å². The van der Waals surface area contributed by atoms with Gasteiger partial charge in [-0.15, -0.1) is 0 Å². The summed E-state index contributed by atoms with van der Waals surface area (Å²) < 4.78 is 8.00. The van der Waals surface area contributed by atoms with Crippen molar-refractivity contribution in [2.75, 3.05) is 20.2 Å². The van der Waals surface area contributed by atoms with Crippen LogP contribution < -0.4 is 0 Å². The maximum atomic E-state index is 5.82. The predicted octanol–water partition coefficient (Wildman–Crippen LogP) is 3.18. The lowest BCUT2D eigenvalue weighted by atomic mass is 10.1. The summed E-state index contributed by atoms with van der Waals surface area (Å²) in [4.78, 5) is 2.38. The third kappa shape index (κ3) is 3.05. The molecule has 1 aliphatic rings. The van der Waals surface area contributed by atoms with Crippen molar-refractivity contribution < 1.29 is 4.74 Å². The highest BCUT2D eigenvalue weighted by Crippen LogP contribution is 2.18. The molecule has 1 saturated heterocycles. The number of hydrogen-bond donors (Lipinski definition) is 0. The Labute approximate surface area is 121 Å². The summed E-state index contributed by atoms with van der Waals surface area (Å²) in [6.07, 6.45) is 6.29. The van der Waals surface area contributed by atoms with E-state index in [1.807, 2.05) is 0 Å². The molecule has 0 amide bonds. The van der Waals surface area contributed by atoms with Gasteiger partial charge < -0.3 is 9.30 Å². The Morgan fingerprint density at radius 1 is 1.30 bits per heavy atom. The van der Waals surface area contributed by atoms with Crippen LogP contribution >= 0.6 is 0 Å². The van der Waals surface area contributed by atoms with Crippen molar-refractivity contribution in [3.63, 3.8) is 0 Å². The number of aromatic nitrogens is 1. The minimum absolute atomic E-state index is 0.424. The zero-order valence-corrected chi connectivity index (χ0v) is 12.5. The van der Waals surface area contributed by atoms with Crippen molar-refractivity contribution >= 4 is 10.9 Å². The van der Waals surface area contributed by atoms with E-state index in [4.69, 9.17) is 4.74 Å². The van der Waals surface area contributed by atoms with E-state index in [0.29, 0.717) is 6.10 Å². The Hall–Kier alpha value is -1.32. The highest BCUT2D eigenvalue weighted by Gasteiger charge is 2.16. The second-order valence-electron chi connectivity index (χ2n) is 6.01. The quantitative estimate of drug-likeness (QED) is 0.850. The molecule has 1 aromatic heterocycles. The molecule has 0 bridgehead atoms. The van der Waals surface area contributed by atoms with Gasteiger partial charge in [-0.3, -0.25) is 4.90 Å². The third-order valence-corrected chi connectivity index (χ3v) is 4.19. The summed E-state index contributed by atoms with van der Waals surface area (Å²) in [6.45, 7) is 2.96.